The maximum absolute atomic E-state index is 13.7. The second-order valence-electron chi connectivity index (χ2n) is 3.63. The average Bonchev–Trinajstić information content (AvgIpc) is 2.60. The van der Waals surface area contributed by atoms with E-state index < -0.39 is 23.2 Å². The van der Waals surface area contributed by atoms with Crippen molar-refractivity contribution >= 4 is 5.97 Å². The van der Waals surface area contributed by atoms with Crippen LogP contribution in [-0.2, 0) is 7.05 Å². The molecule has 0 aliphatic carbocycles. The number of aromatic nitrogens is 3. The molecule has 0 fully saturated rings. The molecule has 18 heavy (non-hydrogen) atoms. The van der Waals surface area contributed by atoms with Gasteiger partial charge in [-0.3, -0.25) is 0 Å². The lowest BCUT2D eigenvalue weighted by molar-refractivity contribution is 0.0690. The summed E-state index contributed by atoms with van der Waals surface area (Å²) in [6.45, 7) is 1.75. The Bertz CT molecular complexity index is 610. The van der Waals surface area contributed by atoms with Gasteiger partial charge < -0.3 is 9.84 Å². The number of aromatic carboxylic acids is 1. The van der Waals surface area contributed by atoms with Crippen molar-refractivity contribution in [3.8, 4) is 11.8 Å². The normalized spacial score (nSPS) is 10.4. The van der Waals surface area contributed by atoms with Gasteiger partial charge in [-0.25, -0.2) is 18.9 Å². The van der Waals surface area contributed by atoms with Gasteiger partial charge in [0.1, 0.15) is 5.56 Å². The van der Waals surface area contributed by atoms with Crippen LogP contribution < -0.4 is 4.74 Å². The van der Waals surface area contributed by atoms with Crippen LogP contribution in [0, 0.1) is 12.7 Å². The Kier molecular flexibility index (Phi) is 2.97. The van der Waals surface area contributed by atoms with Crippen LogP contribution in [0.4, 0.5) is 4.39 Å². The van der Waals surface area contributed by atoms with E-state index in [9.17, 15) is 9.18 Å². The first-order valence-electron chi connectivity index (χ1n) is 5.05. The minimum atomic E-state index is -1.37. The first-order valence-corrected chi connectivity index (χ1v) is 5.05. The molecular formula is C11H10FN3O3. The molecule has 1 N–H and O–H groups in total. The highest BCUT2D eigenvalue weighted by molar-refractivity contribution is 5.88. The highest BCUT2D eigenvalue weighted by Gasteiger charge is 2.17. The molecule has 0 amide bonds. The Labute approximate surface area is 102 Å². The molecule has 7 heteroatoms. The number of carboxylic acid groups (broad SMARTS) is 1. The summed E-state index contributed by atoms with van der Waals surface area (Å²) in [6.07, 6.45) is 1.17. The Morgan fingerprint density at radius 2 is 2.28 bits per heavy atom. The first kappa shape index (κ1) is 12.0. The number of hydrogen-bond acceptors (Lipinski definition) is 4. The molecule has 0 aliphatic heterocycles. The molecule has 2 heterocycles. The molecule has 0 saturated carbocycles. The highest BCUT2D eigenvalue weighted by Crippen LogP contribution is 2.24. The lowest BCUT2D eigenvalue weighted by atomic mass is 10.2. The maximum Gasteiger partial charge on any atom is 0.338 e. The summed E-state index contributed by atoms with van der Waals surface area (Å²) >= 11 is 0. The van der Waals surface area contributed by atoms with Crippen molar-refractivity contribution in [3.63, 3.8) is 0 Å². The summed E-state index contributed by atoms with van der Waals surface area (Å²) in [5.74, 6) is -2.50. The Balaban J connectivity index is 2.38. The largest absolute Gasteiger partial charge is 0.478 e. The van der Waals surface area contributed by atoms with E-state index in [4.69, 9.17) is 9.84 Å². The van der Waals surface area contributed by atoms with Crippen molar-refractivity contribution in [2.45, 2.75) is 6.92 Å². The van der Waals surface area contributed by atoms with Crippen LogP contribution >= 0.6 is 0 Å². The zero-order chi connectivity index (χ0) is 13.3. The molecule has 2 rings (SSSR count). The van der Waals surface area contributed by atoms with Gasteiger partial charge in [-0.05, 0) is 13.0 Å². The van der Waals surface area contributed by atoms with Crippen LogP contribution in [0.25, 0.3) is 0 Å². The summed E-state index contributed by atoms with van der Waals surface area (Å²) in [6, 6.07) is 2.66. The highest BCUT2D eigenvalue weighted by atomic mass is 19.1. The van der Waals surface area contributed by atoms with Crippen LogP contribution in [0.1, 0.15) is 16.1 Å². The number of halogens is 1. The summed E-state index contributed by atoms with van der Waals surface area (Å²) < 4.78 is 20.4. The number of carbonyl (C=O) groups is 1. The number of nitrogens with zero attached hydrogens (tertiary/aromatic N) is 3. The van der Waals surface area contributed by atoms with Gasteiger partial charge in [0.2, 0.25) is 5.88 Å². The van der Waals surface area contributed by atoms with Gasteiger partial charge >= 0.3 is 5.97 Å². The van der Waals surface area contributed by atoms with Crippen molar-refractivity contribution < 1.29 is 19.0 Å². The van der Waals surface area contributed by atoms with E-state index in [-0.39, 0.29) is 5.88 Å². The smallest absolute Gasteiger partial charge is 0.338 e. The van der Waals surface area contributed by atoms with E-state index in [1.807, 2.05) is 0 Å². The Morgan fingerprint density at radius 3 is 2.83 bits per heavy atom. The predicted molar refractivity (Wildman–Crippen MR) is 59.2 cm³/mol. The topological polar surface area (TPSA) is 77.2 Å². The molecule has 0 bridgehead atoms. The van der Waals surface area contributed by atoms with Crippen LogP contribution in [0.2, 0.25) is 0 Å². The Morgan fingerprint density at radius 1 is 1.56 bits per heavy atom. The summed E-state index contributed by atoms with van der Waals surface area (Å²) in [4.78, 5) is 14.4. The molecule has 0 atom stereocenters. The van der Waals surface area contributed by atoms with Gasteiger partial charge in [0.15, 0.2) is 5.82 Å². The monoisotopic (exact) mass is 251 g/mol. The quantitative estimate of drug-likeness (QED) is 0.899. The molecule has 0 spiro atoms. The summed E-state index contributed by atoms with van der Waals surface area (Å²) in [5, 5.41) is 12.8. The molecule has 2 aromatic rings. The molecule has 94 valence electrons. The van der Waals surface area contributed by atoms with E-state index in [1.54, 1.807) is 20.0 Å². The molecule has 0 unspecified atom stereocenters. The number of hydrogen-bond donors (Lipinski definition) is 1. The van der Waals surface area contributed by atoms with Crippen LogP contribution in [-0.4, -0.2) is 25.8 Å². The fourth-order valence-electron chi connectivity index (χ4n) is 1.44. The number of pyridine rings is 1. The van der Waals surface area contributed by atoms with E-state index in [2.05, 4.69) is 10.1 Å². The molecule has 0 aromatic carbocycles. The van der Waals surface area contributed by atoms with Crippen molar-refractivity contribution in [2.24, 2.45) is 7.05 Å². The van der Waals surface area contributed by atoms with E-state index >= 15 is 0 Å². The van der Waals surface area contributed by atoms with Crippen LogP contribution in [0.3, 0.4) is 0 Å². The molecule has 6 nitrogen and oxygen atoms in total. The third kappa shape index (κ3) is 2.15. The molecule has 2 aromatic heterocycles. The lowest BCUT2D eigenvalue weighted by Gasteiger charge is -2.06. The second kappa shape index (κ2) is 4.44. The SMILES string of the molecule is Cc1cc(Oc2nccc(C(=O)O)c2F)n(C)n1. The zero-order valence-electron chi connectivity index (χ0n) is 9.72. The van der Waals surface area contributed by atoms with Crippen molar-refractivity contribution in [1.82, 2.24) is 14.8 Å². The molecule has 0 radical (unpaired) electrons. The third-order valence-corrected chi connectivity index (χ3v) is 2.25. The van der Waals surface area contributed by atoms with Crippen molar-refractivity contribution in [2.75, 3.05) is 0 Å². The van der Waals surface area contributed by atoms with Crippen molar-refractivity contribution in [1.29, 1.82) is 0 Å². The fourth-order valence-corrected chi connectivity index (χ4v) is 1.44. The maximum atomic E-state index is 13.7. The van der Waals surface area contributed by atoms with Gasteiger partial charge in [0.25, 0.3) is 5.88 Å². The third-order valence-electron chi connectivity index (χ3n) is 2.25. The average molecular weight is 251 g/mol. The minimum Gasteiger partial charge on any atom is -0.478 e. The Hall–Kier alpha value is -2.44. The summed E-state index contributed by atoms with van der Waals surface area (Å²) in [5.41, 5.74) is 0.209. The standard InChI is InChI=1S/C11H10FN3O3/c1-6-5-8(15(2)14-6)18-10-9(12)7(11(16)17)3-4-13-10/h3-5H,1-2H3,(H,16,17). The van der Waals surface area contributed by atoms with Gasteiger partial charge in [-0.15, -0.1) is 0 Å². The van der Waals surface area contributed by atoms with Gasteiger partial charge in [-0.2, -0.15) is 5.10 Å². The predicted octanol–water partition coefficient (Wildman–Crippen LogP) is 1.75. The van der Waals surface area contributed by atoms with Crippen LogP contribution in [0.5, 0.6) is 11.8 Å². The molecule has 0 aliphatic rings. The summed E-state index contributed by atoms with van der Waals surface area (Å²) in [7, 11) is 1.63. The minimum absolute atomic E-state index is 0.279. The second-order valence-corrected chi connectivity index (χ2v) is 3.63. The number of rotatable bonds is 3. The zero-order valence-corrected chi connectivity index (χ0v) is 9.72. The number of carboxylic acids is 1. The van der Waals surface area contributed by atoms with Gasteiger partial charge in [-0.1, -0.05) is 0 Å². The number of ether oxygens (including phenoxy) is 1. The first-order chi connectivity index (χ1) is 8.49. The van der Waals surface area contributed by atoms with E-state index in [0.29, 0.717) is 5.69 Å². The van der Waals surface area contributed by atoms with E-state index in [1.165, 1.54) is 10.9 Å². The lowest BCUT2D eigenvalue weighted by Crippen LogP contribution is -2.04. The van der Waals surface area contributed by atoms with Crippen molar-refractivity contribution in [3.05, 3.63) is 35.4 Å². The van der Waals surface area contributed by atoms with Crippen LogP contribution in [0.15, 0.2) is 18.3 Å². The molecular weight excluding hydrogens is 241 g/mol. The fraction of sp³-hybridized carbons (Fsp3) is 0.182. The van der Waals surface area contributed by atoms with Gasteiger partial charge in [0.05, 0.1) is 5.69 Å². The molecule has 0 saturated heterocycles. The van der Waals surface area contributed by atoms with E-state index in [0.717, 1.165) is 6.07 Å². The van der Waals surface area contributed by atoms with Gasteiger partial charge in [0, 0.05) is 19.3 Å². The number of aryl methyl sites for hydroxylation is 2.